The van der Waals surface area contributed by atoms with Crippen molar-refractivity contribution in [1.82, 2.24) is 4.98 Å². The molecular weight excluding hydrogens is 541 g/mol. The zero-order valence-electron chi connectivity index (χ0n) is 18.4. The highest BCUT2D eigenvalue weighted by Crippen LogP contribution is 2.34. The number of fused-ring (bicyclic) bond motifs is 1. The third-order valence-corrected chi connectivity index (χ3v) is 8.23. The van der Waals surface area contributed by atoms with Crippen molar-refractivity contribution in [2.24, 2.45) is 0 Å². The van der Waals surface area contributed by atoms with Crippen molar-refractivity contribution in [3.8, 4) is 0 Å². The van der Waals surface area contributed by atoms with Crippen LogP contribution in [0.3, 0.4) is 0 Å². The van der Waals surface area contributed by atoms with Crippen LogP contribution in [0.1, 0.15) is 16.1 Å². The van der Waals surface area contributed by atoms with E-state index in [1.165, 1.54) is 58.9 Å². The minimum Gasteiger partial charge on any atom is -0.467 e. The lowest BCUT2D eigenvalue weighted by atomic mass is 10.2. The number of rotatable bonds is 7. The maximum atomic E-state index is 13.5. The molecule has 2 aromatic heterocycles. The predicted octanol–water partition coefficient (Wildman–Crippen LogP) is 6.84. The first-order chi connectivity index (χ1) is 17.3. The number of para-hydroxylation sites is 1. The average Bonchev–Trinajstić information content (AvgIpc) is 3.53. The van der Waals surface area contributed by atoms with Crippen LogP contribution in [0.4, 0.5) is 10.8 Å². The molecule has 0 aliphatic heterocycles. The van der Waals surface area contributed by atoms with Gasteiger partial charge in [0.05, 0.1) is 27.4 Å². The Kier molecular flexibility index (Phi) is 6.72. The summed E-state index contributed by atoms with van der Waals surface area (Å²) >= 11 is 13.5. The number of furan rings is 1. The summed E-state index contributed by atoms with van der Waals surface area (Å²) in [6, 6.07) is 21.0. The van der Waals surface area contributed by atoms with E-state index < -0.39 is 10.0 Å². The summed E-state index contributed by atoms with van der Waals surface area (Å²) in [5.74, 6) is 0.259. The number of sulfonamides is 1. The Hall–Kier alpha value is -3.37. The Labute approximate surface area is 221 Å². The summed E-state index contributed by atoms with van der Waals surface area (Å²) in [6.45, 7) is 0.161. The van der Waals surface area contributed by atoms with E-state index in [2.05, 4.69) is 9.71 Å². The fourth-order valence-corrected chi connectivity index (χ4v) is 5.92. The van der Waals surface area contributed by atoms with E-state index >= 15 is 0 Å². The molecule has 5 aromatic rings. The quantitative estimate of drug-likeness (QED) is 0.236. The number of amides is 1. The molecular formula is C25H17Cl2N3O4S2. The molecule has 0 radical (unpaired) electrons. The Bertz CT molecular complexity index is 1630. The highest BCUT2D eigenvalue weighted by atomic mass is 35.5. The van der Waals surface area contributed by atoms with Crippen LogP contribution in [-0.4, -0.2) is 19.3 Å². The molecule has 36 heavy (non-hydrogen) atoms. The molecule has 0 bridgehead atoms. The Balaban J connectivity index is 1.42. The number of carbonyl (C=O) groups excluding carboxylic acids is 1. The molecule has 0 unspecified atom stereocenters. The van der Waals surface area contributed by atoms with Crippen LogP contribution in [0.25, 0.3) is 10.2 Å². The van der Waals surface area contributed by atoms with Crippen LogP contribution in [0, 0.1) is 0 Å². The number of thiazole rings is 1. The number of hydrogen-bond donors (Lipinski definition) is 1. The molecule has 5 rings (SSSR count). The van der Waals surface area contributed by atoms with Crippen LogP contribution in [0.5, 0.6) is 0 Å². The van der Waals surface area contributed by atoms with E-state index in [4.69, 9.17) is 27.6 Å². The van der Waals surface area contributed by atoms with Crippen LogP contribution >= 0.6 is 34.5 Å². The third-order valence-electron chi connectivity index (χ3n) is 5.24. The molecule has 0 aliphatic rings. The van der Waals surface area contributed by atoms with Gasteiger partial charge in [0.2, 0.25) is 0 Å². The molecule has 11 heteroatoms. The first-order valence-electron chi connectivity index (χ1n) is 10.6. The van der Waals surface area contributed by atoms with Gasteiger partial charge in [-0.05, 0) is 72.8 Å². The maximum Gasteiger partial charge on any atom is 0.261 e. The third kappa shape index (κ3) is 5.10. The SMILES string of the molecule is O=C(c1ccc(NS(=O)(=O)c2ccc(Cl)cc2)cc1)N(Cc1ccco1)c1nc2c(Cl)cccc2s1. The fraction of sp³-hybridized carbons (Fsp3) is 0.0400. The van der Waals surface area contributed by atoms with E-state index in [0.29, 0.717) is 37.7 Å². The number of anilines is 2. The number of halogens is 2. The van der Waals surface area contributed by atoms with Crippen molar-refractivity contribution < 1.29 is 17.6 Å². The zero-order chi connectivity index (χ0) is 25.3. The Morgan fingerprint density at radius 2 is 1.72 bits per heavy atom. The van der Waals surface area contributed by atoms with Gasteiger partial charge in [-0.3, -0.25) is 14.4 Å². The van der Waals surface area contributed by atoms with Crippen molar-refractivity contribution >= 4 is 71.5 Å². The van der Waals surface area contributed by atoms with Crippen molar-refractivity contribution in [3.05, 3.63) is 106 Å². The highest BCUT2D eigenvalue weighted by Gasteiger charge is 2.24. The molecule has 0 spiro atoms. The molecule has 0 atom stereocenters. The summed E-state index contributed by atoms with van der Waals surface area (Å²) in [7, 11) is -3.81. The van der Waals surface area contributed by atoms with E-state index in [1.807, 2.05) is 12.1 Å². The smallest absolute Gasteiger partial charge is 0.261 e. The Morgan fingerprint density at radius 1 is 0.972 bits per heavy atom. The van der Waals surface area contributed by atoms with Gasteiger partial charge in [0.15, 0.2) is 5.13 Å². The minimum absolute atomic E-state index is 0.0752. The topological polar surface area (TPSA) is 92.5 Å². The van der Waals surface area contributed by atoms with Gasteiger partial charge in [-0.25, -0.2) is 13.4 Å². The average molecular weight is 558 g/mol. The molecule has 0 fully saturated rings. The zero-order valence-corrected chi connectivity index (χ0v) is 21.5. The van der Waals surface area contributed by atoms with Crippen molar-refractivity contribution in [1.29, 1.82) is 0 Å². The standard InChI is InChI=1S/C25H17Cl2N3O4S2/c26-17-8-12-20(13-9-17)36(32,33)29-18-10-6-16(7-11-18)24(31)30(15-19-3-2-14-34-19)25-28-23-21(27)4-1-5-22(23)35-25/h1-14,29H,15H2. The second-order valence-electron chi connectivity index (χ2n) is 7.69. The van der Waals surface area contributed by atoms with Gasteiger partial charge in [-0.1, -0.05) is 40.6 Å². The predicted molar refractivity (Wildman–Crippen MR) is 143 cm³/mol. The molecule has 2 heterocycles. The van der Waals surface area contributed by atoms with E-state index in [1.54, 1.807) is 30.3 Å². The summed E-state index contributed by atoms with van der Waals surface area (Å²) in [6.07, 6.45) is 1.54. The molecule has 0 aliphatic carbocycles. The molecule has 7 nitrogen and oxygen atoms in total. The monoisotopic (exact) mass is 557 g/mol. The van der Waals surface area contributed by atoms with Gasteiger partial charge >= 0.3 is 0 Å². The number of benzene rings is 3. The van der Waals surface area contributed by atoms with E-state index in [0.717, 1.165) is 4.70 Å². The van der Waals surface area contributed by atoms with Crippen LogP contribution in [0.15, 0.2) is 94.4 Å². The van der Waals surface area contributed by atoms with Crippen LogP contribution in [0.2, 0.25) is 10.0 Å². The first kappa shape index (κ1) is 24.3. The normalized spacial score (nSPS) is 11.5. The maximum absolute atomic E-state index is 13.5. The summed E-state index contributed by atoms with van der Waals surface area (Å²) in [5, 5.41) is 1.40. The van der Waals surface area contributed by atoms with Gasteiger partial charge in [0.1, 0.15) is 11.3 Å². The molecule has 1 amide bonds. The van der Waals surface area contributed by atoms with Gasteiger partial charge in [0, 0.05) is 16.3 Å². The molecule has 1 N–H and O–H groups in total. The van der Waals surface area contributed by atoms with Gasteiger partial charge in [-0.15, -0.1) is 0 Å². The number of nitrogens with one attached hydrogen (secondary N) is 1. The summed E-state index contributed by atoms with van der Waals surface area (Å²) in [5.41, 5.74) is 1.27. The number of carbonyl (C=O) groups is 1. The van der Waals surface area contributed by atoms with E-state index in [9.17, 15) is 13.2 Å². The highest BCUT2D eigenvalue weighted by molar-refractivity contribution is 7.92. The molecule has 0 saturated carbocycles. The number of aromatic nitrogens is 1. The fourth-order valence-electron chi connectivity index (χ4n) is 3.47. The summed E-state index contributed by atoms with van der Waals surface area (Å²) in [4.78, 5) is 19.7. The molecule has 182 valence electrons. The van der Waals surface area contributed by atoms with Gasteiger partial charge in [0.25, 0.3) is 15.9 Å². The van der Waals surface area contributed by atoms with Crippen LogP contribution in [-0.2, 0) is 16.6 Å². The Morgan fingerprint density at radius 3 is 2.39 bits per heavy atom. The first-order valence-corrected chi connectivity index (χ1v) is 13.6. The minimum atomic E-state index is -3.81. The van der Waals surface area contributed by atoms with Crippen LogP contribution < -0.4 is 9.62 Å². The lowest BCUT2D eigenvalue weighted by Crippen LogP contribution is -2.30. The second kappa shape index (κ2) is 9.94. The molecule has 3 aromatic carbocycles. The van der Waals surface area contributed by atoms with Gasteiger partial charge < -0.3 is 4.42 Å². The van der Waals surface area contributed by atoms with Crippen molar-refractivity contribution in [2.75, 3.05) is 9.62 Å². The lowest BCUT2D eigenvalue weighted by Gasteiger charge is -2.19. The lowest BCUT2D eigenvalue weighted by molar-refractivity contribution is 0.0983. The van der Waals surface area contributed by atoms with E-state index in [-0.39, 0.29) is 17.3 Å². The molecule has 0 saturated heterocycles. The van der Waals surface area contributed by atoms with Crippen molar-refractivity contribution in [3.63, 3.8) is 0 Å². The van der Waals surface area contributed by atoms with Crippen molar-refractivity contribution in [2.45, 2.75) is 11.4 Å². The summed E-state index contributed by atoms with van der Waals surface area (Å²) < 4.78 is 34.1. The number of nitrogens with zero attached hydrogens (tertiary/aromatic N) is 2. The van der Waals surface area contributed by atoms with Gasteiger partial charge in [-0.2, -0.15) is 0 Å². The largest absolute Gasteiger partial charge is 0.467 e. The number of hydrogen-bond acceptors (Lipinski definition) is 6. The second-order valence-corrected chi connectivity index (χ2v) is 11.2.